The van der Waals surface area contributed by atoms with Gasteiger partial charge in [0.2, 0.25) is 0 Å². The summed E-state index contributed by atoms with van der Waals surface area (Å²) in [5.41, 5.74) is 1.54. The Morgan fingerprint density at radius 1 is 1.33 bits per heavy atom. The van der Waals surface area contributed by atoms with E-state index in [9.17, 15) is 8.42 Å². The zero-order valence-corrected chi connectivity index (χ0v) is 10.3. The number of rotatable bonds is 6. The fourth-order valence-electron chi connectivity index (χ4n) is 1.76. The molecule has 0 fully saturated rings. The zero-order chi connectivity index (χ0) is 11.1. The summed E-state index contributed by atoms with van der Waals surface area (Å²) in [7, 11) is -2.81. The lowest BCUT2D eigenvalue weighted by Gasteiger charge is -2.12. The van der Waals surface area contributed by atoms with Crippen LogP contribution in [-0.2, 0) is 9.84 Å². The lowest BCUT2D eigenvalue weighted by molar-refractivity contribution is 0.594. The molecule has 0 heterocycles. The van der Waals surface area contributed by atoms with E-state index in [2.05, 4.69) is 11.4 Å². The van der Waals surface area contributed by atoms with Crippen molar-refractivity contribution in [1.82, 2.24) is 5.32 Å². The topological polar surface area (TPSA) is 46.2 Å². The van der Waals surface area contributed by atoms with Crippen LogP contribution in [0.25, 0.3) is 0 Å². The Hall–Kier alpha value is -0.350. The Morgan fingerprint density at radius 3 is 2.73 bits per heavy atom. The largest absolute Gasteiger partial charge is 0.315 e. The van der Waals surface area contributed by atoms with Crippen LogP contribution in [0.3, 0.4) is 0 Å². The van der Waals surface area contributed by atoms with Crippen LogP contribution in [0.2, 0.25) is 0 Å². The molecular formula is C11H21NO2S. The van der Waals surface area contributed by atoms with E-state index in [1.165, 1.54) is 37.5 Å². The summed E-state index contributed by atoms with van der Waals surface area (Å²) >= 11 is 0. The lowest BCUT2D eigenvalue weighted by atomic mass is 9.97. The Bertz CT molecular complexity index is 307. The fraction of sp³-hybridized carbons (Fsp3) is 0.818. The van der Waals surface area contributed by atoms with Crippen LogP contribution >= 0.6 is 0 Å². The summed E-state index contributed by atoms with van der Waals surface area (Å²) < 4.78 is 21.7. The van der Waals surface area contributed by atoms with Crippen molar-refractivity contribution in [2.75, 3.05) is 25.1 Å². The molecule has 4 heteroatoms. The third-order valence-electron chi connectivity index (χ3n) is 2.66. The molecule has 1 aliphatic rings. The molecule has 0 bridgehead atoms. The highest BCUT2D eigenvalue weighted by Crippen LogP contribution is 2.19. The van der Waals surface area contributed by atoms with Gasteiger partial charge in [-0.25, -0.2) is 8.42 Å². The second-order valence-electron chi connectivity index (χ2n) is 4.24. The molecule has 88 valence electrons. The minimum Gasteiger partial charge on any atom is -0.315 e. The van der Waals surface area contributed by atoms with Gasteiger partial charge in [-0.05, 0) is 38.6 Å². The second-order valence-corrected chi connectivity index (χ2v) is 6.50. The molecule has 1 aliphatic carbocycles. The van der Waals surface area contributed by atoms with Gasteiger partial charge in [-0.1, -0.05) is 11.6 Å². The van der Waals surface area contributed by atoms with E-state index < -0.39 is 9.84 Å². The smallest absolute Gasteiger partial charge is 0.148 e. The normalized spacial score (nSPS) is 17.5. The molecule has 0 aromatic rings. The van der Waals surface area contributed by atoms with Crippen LogP contribution in [0.15, 0.2) is 11.6 Å². The van der Waals surface area contributed by atoms with Gasteiger partial charge in [-0.2, -0.15) is 0 Å². The van der Waals surface area contributed by atoms with Crippen molar-refractivity contribution in [3.63, 3.8) is 0 Å². The van der Waals surface area contributed by atoms with Gasteiger partial charge in [-0.15, -0.1) is 0 Å². The summed E-state index contributed by atoms with van der Waals surface area (Å²) in [5.74, 6) is 0.242. The number of allylic oxidation sites excluding steroid dienone is 1. The van der Waals surface area contributed by atoms with E-state index in [-0.39, 0.29) is 5.75 Å². The van der Waals surface area contributed by atoms with E-state index >= 15 is 0 Å². The van der Waals surface area contributed by atoms with Crippen molar-refractivity contribution in [3.05, 3.63) is 11.6 Å². The Morgan fingerprint density at radius 2 is 2.13 bits per heavy atom. The van der Waals surface area contributed by atoms with Gasteiger partial charge in [0, 0.05) is 12.8 Å². The summed E-state index contributed by atoms with van der Waals surface area (Å²) in [6, 6.07) is 0. The fourth-order valence-corrected chi connectivity index (χ4v) is 2.28. The summed E-state index contributed by atoms with van der Waals surface area (Å²) in [6.45, 7) is 1.48. The highest BCUT2D eigenvalue weighted by atomic mass is 32.2. The first-order chi connectivity index (χ1) is 7.08. The highest BCUT2D eigenvalue weighted by molar-refractivity contribution is 7.90. The van der Waals surface area contributed by atoms with Crippen LogP contribution in [0.1, 0.15) is 32.1 Å². The van der Waals surface area contributed by atoms with E-state index in [0.29, 0.717) is 6.54 Å². The third kappa shape index (κ3) is 6.68. The minimum absolute atomic E-state index is 0.242. The molecule has 15 heavy (non-hydrogen) atoms. The first kappa shape index (κ1) is 12.7. The number of hydrogen-bond acceptors (Lipinski definition) is 3. The molecule has 1 N–H and O–H groups in total. The Balaban J connectivity index is 2.04. The van der Waals surface area contributed by atoms with E-state index in [1.54, 1.807) is 0 Å². The molecule has 0 unspecified atom stereocenters. The molecule has 0 amide bonds. The molecule has 3 nitrogen and oxygen atoms in total. The summed E-state index contributed by atoms with van der Waals surface area (Å²) in [4.78, 5) is 0. The molecule has 0 spiro atoms. The van der Waals surface area contributed by atoms with Gasteiger partial charge in [0.05, 0.1) is 5.75 Å². The predicted octanol–water partition coefficient (Wildman–Crippen LogP) is 1.51. The molecule has 0 saturated heterocycles. The van der Waals surface area contributed by atoms with E-state index in [0.717, 1.165) is 13.0 Å². The van der Waals surface area contributed by atoms with Gasteiger partial charge < -0.3 is 5.32 Å². The van der Waals surface area contributed by atoms with Gasteiger partial charge in [0.25, 0.3) is 0 Å². The monoisotopic (exact) mass is 231 g/mol. The molecule has 0 aromatic heterocycles. The maximum atomic E-state index is 10.8. The minimum atomic E-state index is -2.81. The van der Waals surface area contributed by atoms with Crippen LogP contribution in [-0.4, -0.2) is 33.5 Å². The van der Waals surface area contributed by atoms with Crippen molar-refractivity contribution < 1.29 is 8.42 Å². The molecule has 0 radical (unpaired) electrons. The predicted molar refractivity (Wildman–Crippen MR) is 63.7 cm³/mol. The standard InChI is InChI=1S/C11H21NO2S/c1-15(13,14)10-9-12-8-7-11-5-3-2-4-6-11/h5,12H,2-4,6-10H2,1H3. The van der Waals surface area contributed by atoms with Crippen LogP contribution in [0, 0.1) is 0 Å². The Kier molecular flexibility index (Phi) is 5.32. The molecule has 0 saturated carbocycles. The maximum absolute atomic E-state index is 10.8. The lowest BCUT2D eigenvalue weighted by Crippen LogP contribution is -2.23. The quantitative estimate of drug-likeness (QED) is 0.557. The second kappa shape index (κ2) is 6.28. The summed E-state index contributed by atoms with van der Waals surface area (Å²) in [6.07, 6.45) is 9.77. The number of sulfone groups is 1. The van der Waals surface area contributed by atoms with Crippen LogP contribution < -0.4 is 5.32 Å². The van der Waals surface area contributed by atoms with Crippen molar-refractivity contribution in [1.29, 1.82) is 0 Å². The Labute approximate surface area is 92.9 Å². The molecular weight excluding hydrogens is 210 g/mol. The number of nitrogens with one attached hydrogen (secondary N) is 1. The van der Waals surface area contributed by atoms with Crippen LogP contribution in [0.4, 0.5) is 0 Å². The van der Waals surface area contributed by atoms with Crippen molar-refractivity contribution in [2.24, 2.45) is 0 Å². The maximum Gasteiger partial charge on any atom is 0.148 e. The van der Waals surface area contributed by atoms with Crippen LogP contribution in [0.5, 0.6) is 0 Å². The van der Waals surface area contributed by atoms with Crippen molar-refractivity contribution in [2.45, 2.75) is 32.1 Å². The van der Waals surface area contributed by atoms with E-state index in [1.807, 2.05) is 0 Å². The molecule has 0 aliphatic heterocycles. The van der Waals surface area contributed by atoms with Crippen molar-refractivity contribution in [3.8, 4) is 0 Å². The molecule has 0 aromatic carbocycles. The van der Waals surface area contributed by atoms with Crippen molar-refractivity contribution >= 4 is 9.84 Å². The average molecular weight is 231 g/mol. The highest BCUT2D eigenvalue weighted by Gasteiger charge is 2.04. The average Bonchev–Trinajstić information content (AvgIpc) is 2.17. The summed E-state index contributed by atoms with van der Waals surface area (Å²) in [5, 5.41) is 3.17. The third-order valence-corrected chi connectivity index (χ3v) is 3.60. The first-order valence-electron chi connectivity index (χ1n) is 5.64. The first-order valence-corrected chi connectivity index (χ1v) is 7.70. The zero-order valence-electron chi connectivity index (χ0n) is 9.46. The SMILES string of the molecule is CS(=O)(=O)CCNCCC1=CCCCC1. The number of hydrogen-bond donors (Lipinski definition) is 1. The molecule has 0 atom stereocenters. The van der Waals surface area contributed by atoms with Gasteiger partial charge in [-0.3, -0.25) is 0 Å². The van der Waals surface area contributed by atoms with Gasteiger partial charge >= 0.3 is 0 Å². The van der Waals surface area contributed by atoms with Gasteiger partial charge in [0.1, 0.15) is 9.84 Å². The van der Waals surface area contributed by atoms with Gasteiger partial charge in [0.15, 0.2) is 0 Å². The van der Waals surface area contributed by atoms with E-state index in [4.69, 9.17) is 0 Å². The molecule has 1 rings (SSSR count).